The summed E-state index contributed by atoms with van der Waals surface area (Å²) in [5.74, 6) is -0.458. The van der Waals surface area contributed by atoms with Crippen molar-refractivity contribution in [2.45, 2.75) is 31.8 Å². The summed E-state index contributed by atoms with van der Waals surface area (Å²) in [5.41, 5.74) is -0.0251. The molecular formula is C13H15ClO4. The van der Waals surface area contributed by atoms with Crippen molar-refractivity contribution in [2.24, 2.45) is 0 Å². The maximum atomic E-state index is 11.3. The molecule has 0 saturated heterocycles. The lowest BCUT2D eigenvalue weighted by Crippen LogP contribution is -2.14. The Balaban J connectivity index is 2.39. The third kappa shape index (κ3) is 2.53. The monoisotopic (exact) mass is 270 g/mol. The molecule has 4 nitrogen and oxygen atoms in total. The molecule has 1 aromatic rings. The van der Waals surface area contributed by atoms with E-state index in [1.54, 1.807) is 6.07 Å². The first-order valence-electron chi connectivity index (χ1n) is 5.90. The Morgan fingerprint density at radius 2 is 2.06 bits per heavy atom. The fraction of sp³-hybridized carbons (Fsp3) is 0.462. The number of benzene rings is 1. The van der Waals surface area contributed by atoms with Crippen LogP contribution >= 0.6 is 11.6 Å². The summed E-state index contributed by atoms with van der Waals surface area (Å²) in [4.78, 5) is 11.3. The Morgan fingerprint density at radius 3 is 2.61 bits per heavy atom. The Labute approximate surface area is 110 Å². The fourth-order valence-electron chi connectivity index (χ4n) is 2.19. The van der Waals surface area contributed by atoms with Crippen LogP contribution in [0.3, 0.4) is 0 Å². The van der Waals surface area contributed by atoms with Gasteiger partial charge in [-0.05, 0) is 37.8 Å². The molecule has 1 fully saturated rings. The van der Waals surface area contributed by atoms with E-state index in [2.05, 4.69) is 0 Å². The number of carbonyl (C=O) groups is 1. The molecule has 0 heterocycles. The van der Waals surface area contributed by atoms with Crippen molar-refractivity contribution in [1.29, 1.82) is 0 Å². The number of hydrogen-bond acceptors (Lipinski definition) is 3. The third-order valence-electron chi connectivity index (χ3n) is 3.09. The predicted octanol–water partition coefficient (Wildman–Crippen LogP) is 3.37. The molecule has 1 saturated carbocycles. The zero-order chi connectivity index (χ0) is 13.1. The average Bonchev–Trinajstić information content (AvgIpc) is 2.82. The maximum Gasteiger partial charge on any atom is 0.341 e. The van der Waals surface area contributed by atoms with Crippen molar-refractivity contribution >= 4 is 17.6 Å². The van der Waals surface area contributed by atoms with Gasteiger partial charge in [0, 0.05) is 0 Å². The van der Waals surface area contributed by atoms with Crippen LogP contribution in [0, 0.1) is 0 Å². The molecule has 1 aliphatic carbocycles. The van der Waals surface area contributed by atoms with Crippen LogP contribution in [-0.4, -0.2) is 24.3 Å². The van der Waals surface area contributed by atoms with Gasteiger partial charge < -0.3 is 14.6 Å². The van der Waals surface area contributed by atoms with Gasteiger partial charge in [-0.3, -0.25) is 0 Å². The van der Waals surface area contributed by atoms with Crippen LogP contribution in [-0.2, 0) is 0 Å². The van der Waals surface area contributed by atoms with Crippen LogP contribution in [0.5, 0.6) is 11.5 Å². The summed E-state index contributed by atoms with van der Waals surface area (Å²) in [7, 11) is 1.48. The number of hydrogen-bond donors (Lipinski definition) is 1. The zero-order valence-corrected chi connectivity index (χ0v) is 10.9. The van der Waals surface area contributed by atoms with Crippen LogP contribution in [0.2, 0.25) is 5.02 Å². The minimum atomic E-state index is -1.10. The van der Waals surface area contributed by atoms with Crippen LogP contribution in [0.4, 0.5) is 0 Å². The van der Waals surface area contributed by atoms with Gasteiger partial charge in [0.1, 0.15) is 5.56 Å². The van der Waals surface area contributed by atoms with E-state index in [-0.39, 0.29) is 22.4 Å². The highest BCUT2D eigenvalue weighted by atomic mass is 35.5. The SMILES string of the molecule is COc1ccc(Cl)c(C(=O)O)c1OC1CCCC1. The van der Waals surface area contributed by atoms with E-state index in [1.165, 1.54) is 13.2 Å². The van der Waals surface area contributed by atoms with Gasteiger partial charge in [0.15, 0.2) is 11.5 Å². The molecule has 1 aromatic carbocycles. The summed E-state index contributed by atoms with van der Waals surface area (Å²) in [6.45, 7) is 0. The van der Waals surface area contributed by atoms with Gasteiger partial charge >= 0.3 is 5.97 Å². The van der Waals surface area contributed by atoms with Crippen LogP contribution in [0.1, 0.15) is 36.0 Å². The second kappa shape index (κ2) is 5.48. The van der Waals surface area contributed by atoms with E-state index in [0.717, 1.165) is 25.7 Å². The molecule has 0 aliphatic heterocycles. The summed E-state index contributed by atoms with van der Waals surface area (Å²) in [6.07, 6.45) is 4.14. The summed E-state index contributed by atoms with van der Waals surface area (Å²) < 4.78 is 10.9. The molecule has 0 spiro atoms. The Morgan fingerprint density at radius 1 is 1.39 bits per heavy atom. The first-order valence-corrected chi connectivity index (χ1v) is 6.27. The third-order valence-corrected chi connectivity index (χ3v) is 3.41. The molecule has 0 unspecified atom stereocenters. The van der Waals surface area contributed by atoms with Crippen molar-refractivity contribution < 1.29 is 19.4 Å². The quantitative estimate of drug-likeness (QED) is 0.911. The van der Waals surface area contributed by atoms with E-state index >= 15 is 0 Å². The van der Waals surface area contributed by atoms with Crippen molar-refractivity contribution in [3.05, 3.63) is 22.7 Å². The first-order chi connectivity index (χ1) is 8.63. The van der Waals surface area contributed by atoms with Crippen LogP contribution in [0.15, 0.2) is 12.1 Å². The summed E-state index contributed by atoms with van der Waals surface area (Å²) >= 11 is 5.92. The van der Waals surface area contributed by atoms with Crippen molar-refractivity contribution in [3.8, 4) is 11.5 Å². The first kappa shape index (κ1) is 13.0. The fourth-order valence-corrected chi connectivity index (χ4v) is 2.42. The average molecular weight is 271 g/mol. The van der Waals surface area contributed by atoms with E-state index in [0.29, 0.717) is 5.75 Å². The smallest absolute Gasteiger partial charge is 0.341 e. The number of carboxylic acid groups (broad SMARTS) is 1. The molecule has 1 aliphatic rings. The van der Waals surface area contributed by atoms with Crippen LogP contribution in [0.25, 0.3) is 0 Å². The van der Waals surface area contributed by atoms with Crippen molar-refractivity contribution in [1.82, 2.24) is 0 Å². The van der Waals surface area contributed by atoms with Gasteiger partial charge in [0.05, 0.1) is 18.2 Å². The summed E-state index contributed by atoms with van der Waals surface area (Å²) in [5, 5.41) is 9.38. The van der Waals surface area contributed by atoms with E-state index in [4.69, 9.17) is 21.1 Å². The molecule has 18 heavy (non-hydrogen) atoms. The number of rotatable bonds is 4. The Bertz CT molecular complexity index is 453. The van der Waals surface area contributed by atoms with Gasteiger partial charge in [0.25, 0.3) is 0 Å². The minimum Gasteiger partial charge on any atom is -0.493 e. The standard InChI is InChI=1S/C13H15ClO4/c1-17-10-7-6-9(14)11(13(15)16)12(10)18-8-4-2-3-5-8/h6-8H,2-5H2,1H3,(H,15,16). The Kier molecular flexibility index (Phi) is 3.97. The molecule has 0 atom stereocenters. The number of halogens is 1. The van der Waals surface area contributed by atoms with Gasteiger partial charge in [-0.1, -0.05) is 11.6 Å². The number of aromatic carboxylic acids is 1. The molecule has 0 amide bonds. The molecule has 5 heteroatoms. The lowest BCUT2D eigenvalue weighted by Gasteiger charge is -2.18. The van der Waals surface area contributed by atoms with Crippen molar-refractivity contribution in [2.75, 3.05) is 7.11 Å². The summed E-state index contributed by atoms with van der Waals surface area (Å²) in [6, 6.07) is 3.13. The second-order valence-electron chi connectivity index (χ2n) is 4.28. The van der Waals surface area contributed by atoms with Gasteiger partial charge in [0.2, 0.25) is 0 Å². The van der Waals surface area contributed by atoms with E-state index in [9.17, 15) is 9.90 Å². The maximum absolute atomic E-state index is 11.3. The number of methoxy groups -OCH3 is 1. The van der Waals surface area contributed by atoms with Gasteiger partial charge in [-0.15, -0.1) is 0 Å². The lowest BCUT2D eigenvalue weighted by molar-refractivity contribution is 0.0688. The topological polar surface area (TPSA) is 55.8 Å². The largest absolute Gasteiger partial charge is 0.493 e. The van der Waals surface area contributed by atoms with Gasteiger partial charge in [-0.25, -0.2) is 4.79 Å². The van der Waals surface area contributed by atoms with E-state index in [1.807, 2.05) is 0 Å². The lowest BCUT2D eigenvalue weighted by atomic mass is 10.1. The molecule has 2 rings (SSSR count). The predicted molar refractivity (Wildman–Crippen MR) is 67.8 cm³/mol. The highest BCUT2D eigenvalue weighted by molar-refractivity contribution is 6.34. The van der Waals surface area contributed by atoms with E-state index < -0.39 is 5.97 Å². The molecule has 0 aromatic heterocycles. The highest BCUT2D eigenvalue weighted by Crippen LogP contribution is 2.38. The molecule has 1 N–H and O–H groups in total. The number of carboxylic acids is 1. The van der Waals surface area contributed by atoms with Crippen molar-refractivity contribution in [3.63, 3.8) is 0 Å². The van der Waals surface area contributed by atoms with Gasteiger partial charge in [-0.2, -0.15) is 0 Å². The number of ether oxygens (including phenoxy) is 2. The highest BCUT2D eigenvalue weighted by Gasteiger charge is 2.25. The molecule has 0 bridgehead atoms. The Hall–Kier alpha value is -1.42. The zero-order valence-electron chi connectivity index (χ0n) is 10.1. The second-order valence-corrected chi connectivity index (χ2v) is 4.69. The molecule has 98 valence electrons. The molecule has 0 radical (unpaired) electrons. The normalized spacial score (nSPS) is 15.7. The minimum absolute atomic E-state index is 0.0251. The van der Waals surface area contributed by atoms with Crippen LogP contribution < -0.4 is 9.47 Å². The molecular weight excluding hydrogens is 256 g/mol.